The molecule has 2 N–H and O–H groups in total. The fraction of sp³-hybridized carbons (Fsp3) is 0.917. The van der Waals surface area contributed by atoms with Crippen molar-refractivity contribution in [2.24, 2.45) is 29.6 Å². The SMILES string of the molecule is CC1CCC(C(=O)NC2CCC(NC3(C=O)CCC(C)C(C)C3)CC2)CC1C. The predicted molar refractivity (Wildman–Crippen MR) is 114 cm³/mol. The van der Waals surface area contributed by atoms with Crippen molar-refractivity contribution >= 4 is 12.2 Å². The van der Waals surface area contributed by atoms with Gasteiger partial charge in [0.2, 0.25) is 5.91 Å². The van der Waals surface area contributed by atoms with Gasteiger partial charge in [0.15, 0.2) is 0 Å². The molecule has 0 spiro atoms. The maximum atomic E-state index is 12.7. The van der Waals surface area contributed by atoms with Crippen molar-refractivity contribution in [1.29, 1.82) is 0 Å². The molecular formula is C24H42N2O2. The van der Waals surface area contributed by atoms with Crippen molar-refractivity contribution in [2.75, 3.05) is 0 Å². The molecule has 1 amide bonds. The first-order valence-corrected chi connectivity index (χ1v) is 11.9. The summed E-state index contributed by atoms with van der Waals surface area (Å²) < 4.78 is 0. The van der Waals surface area contributed by atoms with Gasteiger partial charge in [-0.25, -0.2) is 0 Å². The van der Waals surface area contributed by atoms with Crippen LogP contribution in [0.5, 0.6) is 0 Å². The maximum absolute atomic E-state index is 12.7. The van der Waals surface area contributed by atoms with Crippen molar-refractivity contribution in [3.05, 3.63) is 0 Å². The van der Waals surface area contributed by atoms with E-state index in [-0.39, 0.29) is 17.4 Å². The fourth-order valence-electron chi connectivity index (χ4n) is 5.81. The largest absolute Gasteiger partial charge is 0.353 e. The van der Waals surface area contributed by atoms with Crippen LogP contribution in [0.3, 0.4) is 0 Å². The Bertz CT molecular complexity index is 543. The minimum absolute atomic E-state index is 0.214. The van der Waals surface area contributed by atoms with Gasteiger partial charge in [0.05, 0.1) is 5.54 Å². The summed E-state index contributed by atoms with van der Waals surface area (Å²) in [6.45, 7) is 9.19. The van der Waals surface area contributed by atoms with E-state index in [2.05, 4.69) is 38.3 Å². The monoisotopic (exact) mass is 390 g/mol. The second-order valence-corrected chi connectivity index (χ2v) is 10.6. The lowest BCUT2D eigenvalue weighted by Gasteiger charge is -2.43. The highest BCUT2D eigenvalue weighted by Crippen LogP contribution is 2.37. The summed E-state index contributed by atoms with van der Waals surface area (Å²) >= 11 is 0. The molecule has 0 radical (unpaired) electrons. The lowest BCUT2D eigenvalue weighted by Crippen LogP contribution is -2.56. The van der Waals surface area contributed by atoms with E-state index in [9.17, 15) is 9.59 Å². The normalized spacial score (nSPS) is 44.6. The van der Waals surface area contributed by atoms with Gasteiger partial charge in [-0.3, -0.25) is 4.79 Å². The van der Waals surface area contributed by atoms with E-state index in [4.69, 9.17) is 0 Å². The first-order valence-electron chi connectivity index (χ1n) is 11.9. The van der Waals surface area contributed by atoms with Crippen molar-refractivity contribution in [2.45, 2.75) is 110 Å². The minimum Gasteiger partial charge on any atom is -0.353 e. The Kier molecular flexibility index (Phi) is 7.22. The van der Waals surface area contributed by atoms with Crippen LogP contribution in [-0.4, -0.2) is 29.8 Å². The first-order chi connectivity index (χ1) is 13.3. The van der Waals surface area contributed by atoms with Gasteiger partial charge >= 0.3 is 0 Å². The summed E-state index contributed by atoms with van der Waals surface area (Å²) in [6, 6.07) is 0.729. The van der Waals surface area contributed by atoms with E-state index in [0.717, 1.165) is 63.7 Å². The van der Waals surface area contributed by atoms with E-state index in [1.165, 1.54) is 12.7 Å². The topological polar surface area (TPSA) is 58.2 Å². The molecule has 0 aliphatic heterocycles. The van der Waals surface area contributed by atoms with Crippen molar-refractivity contribution in [3.63, 3.8) is 0 Å². The lowest BCUT2D eigenvalue weighted by molar-refractivity contribution is -0.127. The van der Waals surface area contributed by atoms with Crippen LogP contribution < -0.4 is 10.6 Å². The van der Waals surface area contributed by atoms with Crippen LogP contribution in [0.2, 0.25) is 0 Å². The summed E-state index contributed by atoms with van der Waals surface area (Å²) in [5, 5.41) is 7.09. The third kappa shape index (κ3) is 5.17. The highest BCUT2D eigenvalue weighted by atomic mass is 16.2. The van der Waals surface area contributed by atoms with E-state index < -0.39 is 0 Å². The average molecular weight is 391 g/mol. The number of rotatable bonds is 5. The first kappa shape index (κ1) is 21.8. The van der Waals surface area contributed by atoms with Crippen LogP contribution in [0, 0.1) is 29.6 Å². The molecule has 160 valence electrons. The van der Waals surface area contributed by atoms with E-state index in [1.54, 1.807) is 0 Å². The van der Waals surface area contributed by atoms with Gasteiger partial charge in [0, 0.05) is 18.0 Å². The zero-order valence-electron chi connectivity index (χ0n) is 18.5. The highest BCUT2D eigenvalue weighted by Gasteiger charge is 2.40. The van der Waals surface area contributed by atoms with Gasteiger partial charge < -0.3 is 15.4 Å². The molecule has 3 rings (SSSR count). The summed E-state index contributed by atoms with van der Waals surface area (Å²) in [5.41, 5.74) is -0.318. The standard InChI is InChI=1S/C24H42N2O2/c1-16-5-6-20(13-18(16)3)23(28)25-21-7-9-22(10-8-21)26-24(15-27)12-11-17(2)19(4)14-24/h15-22,26H,5-14H2,1-4H3,(H,25,28). The summed E-state index contributed by atoms with van der Waals surface area (Å²) in [6.07, 6.45) is 11.7. The lowest BCUT2D eigenvalue weighted by atomic mass is 9.71. The molecule has 0 heterocycles. The molecule has 6 atom stereocenters. The fourth-order valence-corrected chi connectivity index (χ4v) is 5.81. The predicted octanol–water partition coefficient (Wildman–Crippen LogP) is 4.47. The Hall–Kier alpha value is -0.900. The van der Waals surface area contributed by atoms with Crippen LogP contribution >= 0.6 is 0 Å². The molecule has 3 fully saturated rings. The number of amides is 1. The highest BCUT2D eigenvalue weighted by molar-refractivity contribution is 5.79. The van der Waals surface area contributed by atoms with E-state index >= 15 is 0 Å². The Balaban J connectivity index is 1.44. The van der Waals surface area contributed by atoms with Crippen molar-refractivity contribution < 1.29 is 9.59 Å². The molecule has 3 aliphatic rings. The van der Waals surface area contributed by atoms with Gasteiger partial charge in [0.1, 0.15) is 6.29 Å². The smallest absolute Gasteiger partial charge is 0.223 e. The molecular weight excluding hydrogens is 348 g/mol. The molecule has 3 aliphatic carbocycles. The van der Waals surface area contributed by atoms with E-state index in [1.807, 2.05) is 0 Å². The van der Waals surface area contributed by atoms with Crippen LogP contribution in [0.1, 0.15) is 91.9 Å². The number of carbonyl (C=O) groups is 2. The molecule has 0 aromatic rings. The molecule has 6 unspecified atom stereocenters. The molecule has 3 saturated carbocycles. The third-order valence-corrected chi connectivity index (χ3v) is 8.46. The third-order valence-electron chi connectivity index (χ3n) is 8.46. The van der Waals surface area contributed by atoms with Crippen LogP contribution in [0.25, 0.3) is 0 Å². The zero-order chi connectivity index (χ0) is 20.3. The zero-order valence-corrected chi connectivity index (χ0v) is 18.5. The molecule has 4 nitrogen and oxygen atoms in total. The molecule has 4 heteroatoms. The quantitative estimate of drug-likeness (QED) is 0.681. The number of aldehydes is 1. The summed E-state index contributed by atoms with van der Waals surface area (Å²) in [4.78, 5) is 24.6. The summed E-state index contributed by atoms with van der Waals surface area (Å²) in [5.74, 6) is 3.22. The molecule has 0 aromatic carbocycles. The minimum atomic E-state index is -0.318. The molecule has 0 saturated heterocycles. The molecule has 28 heavy (non-hydrogen) atoms. The Morgan fingerprint density at radius 1 is 0.821 bits per heavy atom. The number of hydrogen-bond acceptors (Lipinski definition) is 3. The second-order valence-electron chi connectivity index (χ2n) is 10.6. The molecule has 0 bridgehead atoms. The number of nitrogens with one attached hydrogen (secondary N) is 2. The van der Waals surface area contributed by atoms with Crippen molar-refractivity contribution in [3.8, 4) is 0 Å². The molecule has 0 aromatic heterocycles. The van der Waals surface area contributed by atoms with E-state index in [0.29, 0.717) is 29.8 Å². The summed E-state index contributed by atoms with van der Waals surface area (Å²) in [7, 11) is 0. The van der Waals surface area contributed by atoms with Gasteiger partial charge in [0.25, 0.3) is 0 Å². The number of hydrogen-bond donors (Lipinski definition) is 2. The van der Waals surface area contributed by atoms with Crippen LogP contribution in [-0.2, 0) is 9.59 Å². The van der Waals surface area contributed by atoms with Crippen molar-refractivity contribution in [1.82, 2.24) is 10.6 Å². The van der Waals surface area contributed by atoms with Gasteiger partial charge in [-0.05, 0) is 87.9 Å². The van der Waals surface area contributed by atoms with Gasteiger partial charge in [-0.1, -0.05) is 27.7 Å². The van der Waals surface area contributed by atoms with Crippen LogP contribution in [0.4, 0.5) is 0 Å². The van der Waals surface area contributed by atoms with Gasteiger partial charge in [-0.2, -0.15) is 0 Å². The van der Waals surface area contributed by atoms with Gasteiger partial charge in [-0.15, -0.1) is 0 Å². The Morgan fingerprint density at radius 2 is 1.46 bits per heavy atom. The Labute approximate surface area is 172 Å². The Morgan fingerprint density at radius 3 is 2.07 bits per heavy atom. The maximum Gasteiger partial charge on any atom is 0.223 e. The number of carbonyl (C=O) groups excluding carboxylic acids is 2. The average Bonchev–Trinajstić information content (AvgIpc) is 2.68. The van der Waals surface area contributed by atoms with Crippen LogP contribution in [0.15, 0.2) is 0 Å². The second kappa shape index (κ2) is 9.28.